The number of fused-ring (bicyclic) bond motifs is 1. The maximum Gasteiger partial charge on any atom is 0.320 e. The Kier molecular flexibility index (Phi) is 3.97. The third-order valence-electron chi connectivity index (χ3n) is 4.36. The summed E-state index contributed by atoms with van der Waals surface area (Å²) in [5, 5.41) is 19.4. The molecule has 0 spiro atoms. The van der Waals surface area contributed by atoms with Crippen LogP contribution in [-0.2, 0) is 4.79 Å². The van der Waals surface area contributed by atoms with E-state index in [9.17, 15) is 15.0 Å². The summed E-state index contributed by atoms with van der Waals surface area (Å²) in [5.41, 5.74) is -0.826. The standard InChI is InChI=1S/C14H25NO3/c1-14(2,18)9-15-11-6-4-3-5-10(11)7-8-12(15)13(16)17/h10-12,18H,3-9H2,1-2H3,(H,16,17). The number of carboxylic acid groups (broad SMARTS) is 1. The summed E-state index contributed by atoms with van der Waals surface area (Å²) in [6.45, 7) is 3.99. The number of aliphatic hydroxyl groups is 1. The average Bonchev–Trinajstić information content (AvgIpc) is 2.27. The summed E-state index contributed by atoms with van der Waals surface area (Å²) in [6, 6.07) is -0.0456. The summed E-state index contributed by atoms with van der Waals surface area (Å²) >= 11 is 0. The fourth-order valence-corrected chi connectivity index (χ4v) is 3.67. The molecule has 1 aliphatic carbocycles. The van der Waals surface area contributed by atoms with Crippen LogP contribution in [-0.4, -0.2) is 45.3 Å². The quantitative estimate of drug-likeness (QED) is 0.808. The number of nitrogens with zero attached hydrogens (tertiary/aromatic N) is 1. The van der Waals surface area contributed by atoms with Gasteiger partial charge in [-0.3, -0.25) is 9.69 Å². The Morgan fingerprint density at radius 1 is 1.22 bits per heavy atom. The molecule has 2 fully saturated rings. The molecule has 4 heteroatoms. The Labute approximate surface area is 109 Å². The number of likely N-dealkylation sites (tertiary alicyclic amines) is 1. The lowest BCUT2D eigenvalue weighted by atomic mass is 9.76. The Morgan fingerprint density at radius 3 is 2.50 bits per heavy atom. The molecule has 1 saturated carbocycles. The summed E-state index contributed by atoms with van der Waals surface area (Å²) in [7, 11) is 0. The van der Waals surface area contributed by atoms with Crippen molar-refractivity contribution in [2.24, 2.45) is 5.92 Å². The van der Waals surface area contributed by atoms with E-state index in [0.717, 1.165) is 19.3 Å². The third kappa shape index (κ3) is 3.04. The first-order valence-corrected chi connectivity index (χ1v) is 7.09. The highest BCUT2D eigenvalue weighted by Crippen LogP contribution is 2.38. The molecule has 0 bridgehead atoms. The SMILES string of the molecule is CC(C)(O)CN1C(C(=O)O)CCC2CCCCC21. The number of rotatable bonds is 3. The first kappa shape index (κ1) is 13.8. The molecule has 3 atom stereocenters. The minimum Gasteiger partial charge on any atom is -0.480 e. The van der Waals surface area contributed by atoms with E-state index < -0.39 is 17.6 Å². The van der Waals surface area contributed by atoms with Gasteiger partial charge >= 0.3 is 5.97 Å². The van der Waals surface area contributed by atoms with E-state index in [4.69, 9.17) is 0 Å². The van der Waals surface area contributed by atoms with Crippen LogP contribution >= 0.6 is 0 Å². The zero-order chi connectivity index (χ0) is 13.3. The Bertz CT molecular complexity index is 311. The topological polar surface area (TPSA) is 60.8 Å². The van der Waals surface area contributed by atoms with E-state index in [0.29, 0.717) is 18.5 Å². The van der Waals surface area contributed by atoms with Gasteiger partial charge < -0.3 is 10.2 Å². The normalized spacial score (nSPS) is 34.1. The van der Waals surface area contributed by atoms with Gasteiger partial charge in [-0.1, -0.05) is 12.8 Å². The second kappa shape index (κ2) is 5.17. The van der Waals surface area contributed by atoms with E-state index in [1.165, 1.54) is 19.3 Å². The highest BCUT2D eigenvalue weighted by atomic mass is 16.4. The highest BCUT2D eigenvalue weighted by molar-refractivity contribution is 5.73. The summed E-state index contributed by atoms with van der Waals surface area (Å²) in [4.78, 5) is 13.5. The minimum absolute atomic E-state index is 0.361. The van der Waals surface area contributed by atoms with Gasteiger partial charge in [0.05, 0.1) is 5.60 Å². The fourth-order valence-electron chi connectivity index (χ4n) is 3.67. The molecule has 2 rings (SSSR count). The Balaban J connectivity index is 2.16. The van der Waals surface area contributed by atoms with Crippen molar-refractivity contribution in [1.29, 1.82) is 0 Å². The van der Waals surface area contributed by atoms with Crippen molar-refractivity contribution in [3.05, 3.63) is 0 Å². The zero-order valence-electron chi connectivity index (χ0n) is 11.4. The molecule has 0 amide bonds. The van der Waals surface area contributed by atoms with E-state index in [2.05, 4.69) is 4.90 Å². The van der Waals surface area contributed by atoms with Crippen LogP contribution in [0.15, 0.2) is 0 Å². The van der Waals surface area contributed by atoms with Crippen molar-refractivity contribution >= 4 is 5.97 Å². The molecule has 0 aromatic carbocycles. The van der Waals surface area contributed by atoms with E-state index >= 15 is 0 Å². The van der Waals surface area contributed by atoms with Crippen LogP contribution in [0.2, 0.25) is 0 Å². The second-order valence-electron chi connectivity index (χ2n) is 6.53. The van der Waals surface area contributed by atoms with Gasteiger partial charge in [-0.2, -0.15) is 0 Å². The molecular formula is C14H25NO3. The maximum absolute atomic E-state index is 11.4. The molecule has 4 nitrogen and oxygen atoms in total. The lowest BCUT2D eigenvalue weighted by Crippen LogP contribution is -2.58. The zero-order valence-corrected chi connectivity index (χ0v) is 11.4. The highest BCUT2D eigenvalue weighted by Gasteiger charge is 2.42. The average molecular weight is 255 g/mol. The summed E-state index contributed by atoms with van der Waals surface area (Å²) < 4.78 is 0. The predicted molar refractivity (Wildman–Crippen MR) is 69.4 cm³/mol. The fraction of sp³-hybridized carbons (Fsp3) is 0.929. The van der Waals surface area contributed by atoms with Crippen LogP contribution in [0.1, 0.15) is 52.4 Å². The minimum atomic E-state index is -0.826. The number of carbonyl (C=O) groups is 1. The van der Waals surface area contributed by atoms with Crippen molar-refractivity contribution in [2.75, 3.05) is 6.54 Å². The van der Waals surface area contributed by atoms with Gasteiger partial charge in [-0.05, 0) is 45.4 Å². The summed E-state index contributed by atoms with van der Waals surface area (Å²) in [5.74, 6) is -0.0972. The van der Waals surface area contributed by atoms with Gasteiger partial charge in [0.1, 0.15) is 6.04 Å². The summed E-state index contributed by atoms with van der Waals surface area (Å²) in [6.07, 6.45) is 6.53. The van der Waals surface area contributed by atoms with Gasteiger partial charge in [-0.15, -0.1) is 0 Å². The van der Waals surface area contributed by atoms with Crippen LogP contribution in [0, 0.1) is 5.92 Å². The van der Waals surface area contributed by atoms with E-state index in [-0.39, 0.29) is 0 Å². The number of aliphatic carboxylic acids is 1. The van der Waals surface area contributed by atoms with E-state index in [1.807, 2.05) is 0 Å². The molecule has 3 unspecified atom stereocenters. The molecule has 1 aliphatic heterocycles. The maximum atomic E-state index is 11.4. The Hall–Kier alpha value is -0.610. The van der Waals surface area contributed by atoms with Gasteiger partial charge in [0, 0.05) is 12.6 Å². The number of carboxylic acids is 1. The van der Waals surface area contributed by atoms with Crippen molar-refractivity contribution < 1.29 is 15.0 Å². The van der Waals surface area contributed by atoms with Gasteiger partial charge in [0.2, 0.25) is 0 Å². The molecule has 0 radical (unpaired) electrons. The molecule has 0 aromatic heterocycles. The van der Waals surface area contributed by atoms with Crippen molar-refractivity contribution in [1.82, 2.24) is 4.90 Å². The molecule has 2 N–H and O–H groups in total. The van der Waals surface area contributed by atoms with E-state index in [1.54, 1.807) is 13.8 Å². The molecule has 2 aliphatic rings. The number of piperidine rings is 1. The lowest BCUT2D eigenvalue weighted by Gasteiger charge is -2.48. The van der Waals surface area contributed by atoms with Crippen molar-refractivity contribution in [3.8, 4) is 0 Å². The van der Waals surface area contributed by atoms with Crippen molar-refractivity contribution in [3.63, 3.8) is 0 Å². The van der Waals surface area contributed by atoms with Crippen LogP contribution in [0.4, 0.5) is 0 Å². The third-order valence-corrected chi connectivity index (χ3v) is 4.36. The molecule has 18 heavy (non-hydrogen) atoms. The predicted octanol–water partition coefficient (Wildman–Crippen LogP) is 1.87. The smallest absolute Gasteiger partial charge is 0.320 e. The van der Waals surface area contributed by atoms with Gasteiger partial charge in [0.25, 0.3) is 0 Å². The van der Waals surface area contributed by atoms with Crippen LogP contribution < -0.4 is 0 Å². The molecule has 1 heterocycles. The van der Waals surface area contributed by atoms with Crippen LogP contribution in [0.25, 0.3) is 0 Å². The number of hydrogen-bond acceptors (Lipinski definition) is 3. The molecular weight excluding hydrogens is 230 g/mol. The lowest BCUT2D eigenvalue weighted by molar-refractivity contribution is -0.150. The van der Waals surface area contributed by atoms with Crippen LogP contribution in [0.3, 0.4) is 0 Å². The van der Waals surface area contributed by atoms with Gasteiger partial charge in [0.15, 0.2) is 0 Å². The number of hydrogen-bond donors (Lipinski definition) is 2. The van der Waals surface area contributed by atoms with Crippen molar-refractivity contribution in [2.45, 2.75) is 70.1 Å². The first-order valence-electron chi connectivity index (χ1n) is 7.09. The monoisotopic (exact) mass is 255 g/mol. The Morgan fingerprint density at radius 2 is 1.89 bits per heavy atom. The molecule has 1 saturated heterocycles. The van der Waals surface area contributed by atoms with Crippen LogP contribution in [0.5, 0.6) is 0 Å². The first-order chi connectivity index (χ1) is 8.38. The second-order valence-corrected chi connectivity index (χ2v) is 6.53. The number of β-amino-alcohol motifs (C(OH)–C–C–N with tert-alkyl or cyclic N) is 1. The molecule has 0 aromatic rings. The van der Waals surface area contributed by atoms with Gasteiger partial charge in [-0.25, -0.2) is 0 Å². The molecule has 104 valence electrons. The largest absolute Gasteiger partial charge is 0.480 e.